The van der Waals surface area contributed by atoms with Gasteiger partial charge < -0.3 is 5.11 Å². The summed E-state index contributed by atoms with van der Waals surface area (Å²) in [6.07, 6.45) is 0. The highest BCUT2D eigenvalue weighted by atomic mass is 16.4. The molecule has 0 aromatic carbocycles. The lowest BCUT2D eigenvalue weighted by atomic mass is 10.2. The van der Waals surface area contributed by atoms with E-state index >= 15 is 0 Å². The predicted octanol–water partition coefficient (Wildman–Crippen LogP) is 2.45. The summed E-state index contributed by atoms with van der Waals surface area (Å²) in [5.41, 5.74) is 1.29. The second-order valence-corrected chi connectivity index (χ2v) is 1.93. The van der Waals surface area contributed by atoms with Gasteiger partial charge in [-0.15, -0.1) is 0 Å². The highest BCUT2D eigenvalue weighted by Gasteiger charge is 1.98. The first kappa shape index (κ1) is 11.9. The van der Waals surface area contributed by atoms with Crippen molar-refractivity contribution in [1.82, 2.24) is 0 Å². The van der Waals surface area contributed by atoms with Gasteiger partial charge in [-0.25, -0.2) is 4.79 Å². The fourth-order valence-electron chi connectivity index (χ4n) is 0.214. The zero-order valence-electron chi connectivity index (χ0n) is 7.36. The van der Waals surface area contributed by atoms with E-state index in [4.69, 9.17) is 5.11 Å². The minimum atomic E-state index is -0.829. The molecule has 0 unspecified atom stereocenters. The zero-order chi connectivity index (χ0) is 8.73. The van der Waals surface area contributed by atoms with Gasteiger partial charge >= 0.3 is 5.97 Å². The normalized spacial score (nSPS) is 7.30. The monoisotopic (exact) mass is 144 g/mol. The van der Waals surface area contributed by atoms with Crippen molar-refractivity contribution in [3.05, 3.63) is 11.1 Å². The van der Waals surface area contributed by atoms with E-state index in [9.17, 15) is 4.79 Å². The van der Waals surface area contributed by atoms with Gasteiger partial charge in [0.15, 0.2) is 0 Å². The fourth-order valence-corrected chi connectivity index (χ4v) is 0.214. The Morgan fingerprint density at radius 2 is 1.40 bits per heavy atom. The van der Waals surface area contributed by atoms with Gasteiger partial charge in [-0.1, -0.05) is 19.4 Å². The summed E-state index contributed by atoms with van der Waals surface area (Å²) in [6.45, 7) is 9.16. The van der Waals surface area contributed by atoms with Crippen LogP contribution in [0.1, 0.15) is 34.6 Å². The zero-order valence-corrected chi connectivity index (χ0v) is 7.36. The molecule has 60 valence electrons. The number of aliphatic carboxylic acids is 1. The van der Waals surface area contributed by atoms with Crippen LogP contribution in [0.3, 0.4) is 0 Å². The van der Waals surface area contributed by atoms with Crippen LogP contribution in [0.25, 0.3) is 0 Å². The van der Waals surface area contributed by atoms with E-state index < -0.39 is 5.97 Å². The van der Waals surface area contributed by atoms with E-state index in [1.165, 1.54) is 0 Å². The maximum Gasteiger partial charge on any atom is 0.331 e. The van der Waals surface area contributed by atoms with Crippen molar-refractivity contribution in [3.63, 3.8) is 0 Å². The summed E-state index contributed by atoms with van der Waals surface area (Å²) in [5, 5.41) is 8.29. The predicted molar refractivity (Wildman–Crippen MR) is 43.0 cm³/mol. The van der Waals surface area contributed by atoms with Crippen molar-refractivity contribution < 1.29 is 9.90 Å². The van der Waals surface area contributed by atoms with Gasteiger partial charge in [0.1, 0.15) is 0 Å². The molecule has 0 saturated carbocycles. The molecule has 0 amide bonds. The van der Waals surface area contributed by atoms with Gasteiger partial charge in [-0.05, 0) is 20.8 Å². The quantitative estimate of drug-likeness (QED) is 0.574. The van der Waals surface area contributed by atoms with E-state index in [0.717, 1.165) is 5.57 Å². The van der Waals surface area contributed by atoms with Crippen LogP contribution < -0.4 is 0 Å². The molecule has 0 aliphatic heterocycles. The maximum atomic E-state index is 10.1. The van der Waals surface area contributed by atoms with Gasteiger partial charge in [0, 0.05) is 5.57 Å². The van der Waals surface area contributed by atoms with Gasteiger partial charge in [-0.2, -0.15) is 0 Å². The van der Waals surface area contributed by atoms with Crippen LogP contribution in [-0.2, 0) is 4.79 Å². The van der Waals surface area contributed by atoms with Crippen molar-refractivity contribution in [2.45, 2.75) is 34.6 Å². The van der Waals surface area contributed by atoms with Crippen molar-refractivity contribution in [1.29, 1.82) is 0 Å². The molecule has 1 N–H and O–H groups in total. The summed E-state index contributed by atoms with van der Waals surface area (Å²) in [5.74, 6) is -0.829. The molecule has 2 heteroatoms. The number of allylic oxidation sites excluding steroid dienone is 1. The smallest absolute Gasteiger partial charge is 0.331 e. The molecular formula is C8H16O2. The Kier molecular flexibility index (Phi) is 7.56. The Hall–Kier alpha value is -0.790. The molecule has 0 radical (unpaired) electrons. The minimum absolute atomic E-state index is 0.435. The van der Waals surface area contributed by atoms with Gasteiger partial charge in [0.05, 0.1) is 0 Å². The summed E-state index contributed by atoms with van der Waals surface area (Å²) >= 11 is 0. The molecule has 0 bridgehead atoms. The molecule has 0 rings (SSSR count). The summed E-state index contributed by atoms with van der Waals surface area (Å²) < 4.78 is 0. The topological polar surface area (TPSA) is 37.3 Å². The number of hydrogen-bond donors (Lipinski definition) is 1. The number of carboxylic acid groups (broad SMARTS) is 1. The van der Waals surface area contributed by atoms with Gasteiger partial charge in [0.25, 0.3) is 0 Å². The first-order chi connectivity index (χ1) is 4.55. The molecule has 0 atom stereocenters. The first-order valence-electron chi connectivity index (χ1n) is 3.43. The second-order valence-electron chi connectivity index (χ2n) is 1.93. The van der Waals surface area contributed by atoms with E-state index in [2.05, 4.69) is 0 Å². The lowest BCUT2D eigenvalue weighted by Gasteiger charge is -1.92. The van der Waals surface area contributed by atoms with E-state index in [-0.39, 0.29) is 0 Å². The molecule has 10 heavy (non-hydrogen) atoms. The van der Waals surface area contributed by atoms with Crippen LogP contribution in [0.4, 0.5) is 0 Å². The summed E-state index contributed by atoms with van der Waals surface area (Å²) in [7, 11) is 0. The van der Waals surface area contributed by atoms with Crippen LogP contribution in [0, 0.1) is 0 Å². The number of carboxylic acids is 1. The molecule has 0 aromatic heterocycles. The lowest BCUT2D eigenvalue weighted by molar-refractivity contribution is -0.132. The fraction of sp³-hybridized carbons (Fsp3) is 0.625. The van der Waals surface area contributed by atoms with Crippen LogP contribution >= 0.6 is 0 Å². The Morgan fingerprint density at radius 3 is 1.40 bits per heavy atom. The van der Waals surface area contributed by atoms with Gasteiger partial charge in [-0.3, -0.25) is 0 Å². The van der Waals surface area contributed by atoms with E-state index in [0.29, 0.717) is 5.57 Å². The number of rotatable bonds is 1. The summed E-state index contributed by atoms with van der Waals surface area (Å²) in [6, 6.07) is 0. The van der Waals surface area contributed by atoms with Crippen LogP contribution in [-0.4, -0.2) is 11.1 Å². The third kappa shape index (κ3) is 5.35. The highest BCUT2D eigenvalue weighted by molar-refractivity contribution is 5.86. The van der Waals surface area contributed by atoms with Crippen LogP contribution in [0.2, 0.25) is 0 Å². The minimum Gasteiger partial charge on any atom is -0.478 e. The SMILES string of the molecule is CC.CC(C)=C(C)C(=O)O. The van der Waals surface area contributed by atoms with Crippen molar-refractivity contribution in [2.24, 2.45) is 0 Å². The van der Waals surface area contributed by atoms with E-state index in [1.807, 2.05) is 13.8 Å². The van der Waals surface area contributed by atoms with Crippen molar-refractivity contribution in [3.8, 4) is 0 Å². The standard InChI is InChI=1S/C6H10O2.C2H6/c1-4(2)5(3)6(7)8;1-2/h1-3H3,(H,7,8);1-2H3. The van der Waals surface area contributed by atoms with Crippen molar-refractivity contribution in [2.75, 3.05) is 0 Å². The largest absolute Gasteiger partial charge is 0.478 e. The van der Waals surface area contributed by atoms with Crippen molar-refractivity contribution >= 4 is 5.97 Å². The Bertz CT molecular complexity index is 130. The Labute approximate surface area is 62.6 Å². The van der Waals surface area contributed by atoms with Crippen LogP contribution in [0.15, 0.2) is 11.1 Å². The second kappa shape index (κ2) is 6.33. The third-order valence-corrected chi connectivity index (χ3v) is 1.07. The molecule has 0 saturated heterocycles. The third-order valence-electron chi connectivity index (χ3n) is 1.07. The first-order valence-corrected chi connectivity index (χ1v) is 3.43. The maximum absolute atomic E-state index is 10.1. The molecule has 0 fully saturated rings. The molecule has 0 aromatic rings. The molecule has 2 nitrogen and oxygen atoms in total. The molecule has 0 heterocycles. The Balaban J connectivity index is 0. The molecular weight excluding hydrogens is 128 g/mol. The lowest BCUT2D eigenvalue weighted by Crippen LogP contribution is -1.97. The van der Waals surface area contributed by atoms with Crippen LogP contribution in [0.5, 0.6) is 0 Å². The molecule has 0 aliphatic carbocycles. The highest BCUT2D eigenvalue weighted by Crippen LogP contribution is 1.99. The summed E-state index contributed by atoms with van der Waals surface area (Å²) in [4.78, 5) is 10.1. The average Bonchev–Trinajstić information content (AvgIpc) is 1.90. The number of carbonyl (C=O) groups is 1. The molecule has 0 aliphatic rings. The molecule has 0 spiro atoms. The van der Waals surface area contributed by atoms with Gasteiger partial charge in [0.2, 0.25) is 0 Å². The number of hydrogen-bond acceptors (Lipinski definition) is 1. The average molecular weight is 144 g/mol. The van der Waals surface area contributed by atoms with E-state index in [1.54, 1.807) is 20.8 Å². The Morgan fingerprint density at radius 1 is 1.10 bits per heavy atom.